The standard InChI is InChI=1S/C12H11BO/c13-11-8-4-5-9-12(11)14-10-6-2-1-3-7-10/h1-3,6-9H,4-5H2. The number of para-hydroxylation sites is 1. The summed E-state index contributed by atoms with van der Waals surface area (Å²) in [5.41, 5.74) is 0.736. The molecule has 0 saturated heterocycles. The molecule has 0 aromatic heterocycles. The first-order valence-corrected chi connectivity index (χ1v) is 4.75. The monoisotopic (exact) mass is 182 g/mol. The van der Waals surface area contributed by atoms with Crippen molar-refractivity contribution in [2.24, 2.45) is 0 Å². The van der Waals surface area contributed by atoms with Gasteiger partial charge in [-0.05, 0) is 31.1 Å². The maximum Gasteiger partial charge on any atom is 0.127 e. The highest BCUT2D eigenvalue weighted by molar-refractivity contribution is 6.24. The minimum absolute atomic E-state index is 0.736. The van der Waals surface area contributed by atoms with Gasteiger partial charge in [0, 0.05) is 0 Å². The smallest absolute Gasteiger partial charge is 0.127 e. The molecule has 0 bridgehead atoms. The average molecular weight is 182 g/mol. The molecule has 0 N–H and O–H groups in total. The average Bonchev–Trinajstić information content (AvgIpc) is 2.23. The zero-order chi connectivity index (χ0) is 9.80. The van der Waals surface area contributed by atoms with E-state index in [1.807, 2.05) is 42.5 Å². The van der Waals surface area contributed by atoms with Gasteiger partial charge in [0.1, 0.15) is 19.4 Å². The van der Waals surface area contributed by atoms with Gasteiger partial charge in [-0.25, -0.2) is 0 Å². The van der Waals surface area contributed by atoms with Gasteiger partial charge >= 0.3 is 0 Å². The third-order valence-corrected chi connectivity index (χ3v) is 2.12. The fraction of sp³-hybridized carbons (Fsp3) is 0.167. The van der Waals surface area contributed by atoms with Gasteiger partial charge < -0.3 is 4.74 Å². The van der Waals surface area contributed by atoms with E-state index in [0.717, 1.165) is 29.8 Å². The molecule has 1 aliphatic carbocycles. The fourth-order valence-electron chi connectivity index (χ4n) is 1.39. The van der Waals surface area contributed by atoms with Gasteiger partial charge in [0.25, 0.3) is 0 Å². The number of hydrogen-bond acceptors (Lipinski definition) is 1. The van der Waals surface area contributed by atoms with E-state index in [1.165, 1.54) is 0 Å². The van der Waals surface area contributed by atoms with Gasteiger partial charge in [-0.1, -0.05) is 29.7 Å². The summed E-state index contributed by atoms with van der Waals surface area (Å²) in [4.78, 5) is 0. The molecule has 0 aliphatic heterocycles. The van der Waals surface area contributed by atoms with Crippen molar-refractivity contribution in [3.63, 3.8) is 0 Å². The molecule has 0 amide bonds. The van der Waals surface area contributed by atoms with E-state index in [1.54, 1.807) is 0 Å². The Morgan fingerprint density at radius 2 is 1.71 bits per heavy atom. The number of rotatable bonds is 2. The molecule has 0 atom stereocenters. The van der Waals surface area contributed by atoms with Crippen LogP contribution in [0.15, 0.2) is 53.7 Å². The second-order valence-corrected chi connectivity index (χ2v) is 3.22. The van der Waals surface area contributed by atoms with E-state index in [4.69, 9.17) is 12.6 Å². The topological polar surface area (TPSA) is 9.23 Å². The lowest BCUT2D eigenvalue weighted by Crippen LogP contribution is -2.02. The van der Waals surface area contributed by atoms with Crippen molar-refractivity contribution in [2.75, 3.05) is 0 Å². The largest absolute Gasteiger partial charge is 0.458 e. The summed E-state index contributed by atoms with van der Waals surface area (Å²) in [5.74, 6) is 1.61. The molecule has 0 spiro atoms. The number of ether oxygens (including phenoxy) is 1. The summed E-state index contributed by atoms with van der Waals surface area (Å²) >= 11 is 0. The quantitative estimate of drug-likeness (QED) is 0.639. The highest BCUT2D eigenvalue weighted by Crippen LogP contribution is 2.20. The lowest BCUT2D eigenvalue weighted by Gasteiger charge is -2.14. The minimum Gasteiger partial charge on any atom is -0.458 e. The van der Waals surface area contributed by atoms with Crippen LogP contribution in [0.5, 0.6) is 5.75 Å². The van der Waals surface area contributed by atoms with Crippen LogP contribution in [-0.4, -0.2) is 7.85 Å². The molecule has 68 valence electrons. The van der Waals surface area contributed by atoms with E-state index < -0.39 is 0 Å². The zero-order valence-corrected chi connectivity index (χ0v) is 7.94. The molecule has 1 nitrogen and oxygen atoms in total. The molecule has 2 rings (SSSR count). The molecule has 2 heteroatoms. The SMILES string of the molecule is [B]C1=CCCC=C1Oc1ccccc1. The Morgan fingerprint density at radius 3 is 2.43 bits per heavy atom. The Hall–Kier alpha value is -1.44. The highest BCUT2D eigenvalue weighted by Gasteiger charge is 2.05. The zero-order valence-electron chi connectivity index (χ0n) is 7.94. The molecular weight excluding hydrogens is 171 g/mol. The van der Waals surface area contributed by atoms with Crippen LogP contribution in [0, 0.1) is 0 Å². The number of allylic oxidation sites excluding steroid dienone is 3. The Bertz CT molecular complexity index is 365. The summed E-state index contributed by atoms with van der Waals surface area (Å²) in [6.45, 7) is 0. The summed E-state index contributed by atoms with van der Waals surface area (Å²) < 4.78 is 5.64. The van der Waals surface area contributed by atoms with Gasteiger partial charge in [0.05, 0.1) is 0 Å². The second-order valence-electron chi connectivity index (χ2n) is 3.22. The van der Waals surface area contributed by atoms with Crippen LogP contribution in [0.3, 0.4) is 0 Å². The maximum atomic E-state index is 5.79. The first-order chi connectivity index (χ1) is 6.86. The van der Waals surface area contributed by atoms with Crippen LogP contribution in [0.4, 0.5) is 0 Å². The van der Waals surface area contributed by atoms with Crippen molar-refractivity contribution in [1.29, 1.82) is 0 Å². The van der Waals surface area contributed by atoms with E-state index in [2.05, 4.69) is 0 Å². The van der Waals surface area contributed by atoms with Crippen LogP contribution in [-0.2, 0) is 0 Å². The van der Waals surface area contributed by atoms with Crippen molar-refractivity contribution in [1.82, 2.24) is 0 Å². The molecule has 14 heavy (non-hydrogen) atoms. The van der Waals surface area contributed by atoms with Gasteiger partial charge in [-0.15, -0.1) is 0 Å². The fourth-order valence-corrected chi connectivity index (χ4v) is 1.39. The predicted molar refractivity (Wildman–Crippen MR) is 58.2 cm³/mol. The van der Waals surface area contributed by atoms with E-state index >= 15 is 0 Å². The van der Waals surface area contributed by atoms with Gasteiger partial charge in [0.2, 0.25) is 0 Å². The minimum atomic E-state index is 0.736. The molecule has 0 saturated carbocycles. The summed E-state index contributed by atoms with van der Waals surface area (Å²) in [6.07, 6.45) is 6.04. The lowest BCUT2D eigenvalue weighted by molar-refractivity contribution is 0.436. The molecule has 0 heterocycles. The van der Waals surface area contributed by atoms with Gasteiger partial charge in [-0.2, -0.15) is 0 Å². The van der Waals surface area contributed by atoms with Crippen molar-refractivity contribution >= 4 is 7.85 Å². The molecule has 0 unspecified atom stereocenters. The Morgan fingerprint density at radius 1 is 1.00 bits per heavy atom. The van der Waals surface area contributed by atoms with Crippen molar-refractivity contribution < 1.29 is 4.74 Å². The predicted octanol–water partition coefficient (Wildman–Crippen LogP) is 2.80. The first kappa shape index (κ1) is 9.13. The summed E-state index contributed by atoms with van der Waals surface area (Å²) in [7, 11) is 5.79. The maximum absolute atomic E-state index is 5.79. The summed E-state index contributed by atoms with van der Waals surface area (Å²) in [5, 5.41) is 0. The van der Waals surface area contributed by atoms with E-state index in [9.17, 15) is 0 Å². The highest BCUT2D eigenvalue weighted by atomic mass is 16.5. The van der Waals surface area contributed by atoms with E-state index in [-0.39, 0.29) is 0 Å². The molecule has 1 aliphatic rings. The second kappa shape index (κ2) is 4.18. The van der Waals surface area contributed by atoms with Gasteiger partial charge in [0.15, 0.2) is 0 Å². The van der Waals surface area contributed by atoms with Gasteiger partial charge in [-0.3, -0.25) is 0 Å². The van der Waals surface area contributed by atoms with Crippen molar-refractivity contribution in [2.45, 2.75) is 12.8 Å². The number of hydrogen-bond donors (Lipinski definition) is 0. The van der Waals surface area contributed by atoms with E-state index in [0.29, 0.717) is 0 Å². The molecule has 2 radical (unpaired) electrons. The third kappa shape index (κ3) is 2.08. The Kier molecular flexibility index (Phi) is 2.73. The number of benzene rings is 1. The molecule has 0 fully saturated rings. The van der Waals surface area contributed by atoms with Crippen LogP contribution in [0.1, 0.15) is 12.8 Å². The van der Waals surface area contributed by atoms with Crippen LogP contribution >= 0.6 is 0 Å². The van der Waals surface area contributed by atoms with Crippen LogP contribution in [0.2, 0.25) is 0 Å². The Labute approximate surface area is 85.5 Å². The third-order valence-electron chi connectivity index (χ3n) is 2.12. The molecule has 1 aromatic carbocycles. The lowest BCUT2D eigenvalue weighted by atomic mass is 9.89. The van der Waals surface area contributed by atoms with Crippen molar-refractivity contribution in [3.8, 4) is 5.75 Å². The van der Waals surface area contributed by atoms with Crippen LogP contribution in [0.25, 0.3) is 0 Å². The Balaban J connectivity index is 2.12. The van der Waals surface area contributed by atoms with Crippen LogP contribution < -0.4 is 4.74 Å². The first-order valence-electron chi connectivity index (χ1n) is 4.75. The molecule has 1 aromatic rings. The summed E-state index contributed by atoms with van der Waals surface area (Å²) in [6, 6.07) is 9.68. The van der Waals surface area contributed by atoms with Crippen molar-refractivity contribution in [3.05, 3.63) is 53.7 Å². The molecular formula is C12H11BO. The normalized spacial score (nSPS) is 15.7.